The van der Waals surface area contributed by atoms with Gasteiger partial charge in [-0.2, -0.15) is 0 Å². The predicted octanol–water partition coefficient (Wildman–Crippen LogP) is 3.51. The number of hydrogen-bond acceptors (Lipinski definition) is 3. The van der Waals surface area contributed by atoms with Crippen LogP contribution in [0.1, 0.15) is 44.3 Å². The van der Waals surface area contributed by atoms with E-state index in [0.29, 0.717) is 10.6 Å². The molecule has 5 heteroatoms. The van der Waals surface area contributed by atoms with Gasteiger partial charge in [0.05, 0.1) is 5.56 Å². The summed E-state index contributed by atoms with van der Waals surface area (Å²) in [6.45, 7) is 5.85. The Morgan fingerprint density at radius 3 is 2.57 bits per heavy atom. The zero-order valence-electron chi connectivity index (χ0n) is 13.5. The van der Waals surface area contributed by atoms with Crippen LogP contribution in [-0.4, -0.2) is 11.8 Å². The first-order chi connectivity index (χ1) is 10.9. The molecule has 1 aliphatic rings. The molecule has 1 aromatic carbocycles. The van der Waals surface area contributed by atoms with Gasteiger partial charge < -0.3 is 11.1 Å². The summed E-state index contributed by atoms with van der Waals surface area (Å²) in [4.78, 5) is 25.1. The van der Waals surface area contributed by atoms with E-state index in [9.17, 15) is 9.59 Å². The molecular formula is C18H20N2O2S. The molecule has 1 heterocycles. The molecule has 0 radical (unpaired) electrons. The normalized spacial score (nSPS) is 19.4. The number of nitrogens with one attached hydrogen (secondary N) is 1. The number of hydrogen-bond donors (Lipinski definition) is 2. The average Bonchev–Trinajstić information content (AvgIpc) is 3.22. The molecule has 0 aliphatic heterocycles. The molecule has 3 N–H and O–H groups in total. The van der Waals surface area contributed by atoms with E-state index >= 15 is 0 Å². The Kier molecular flexibility index (Phi) is 3.98. The third-order valence-electron chi connectivity index (χ3n) is 4.58. The van der Waals surface area contributed by atoms with Crippen LogP contribution in [0.4, 0.5) is 5.00 Å². The minimum Gasteiger partial charge on any atom is -0.365 e. The van der Waals surface area contributed by atoms with Gasteiger partial charge in [0.2, 0.25) is 5.91 Å². The molecule has 23 heavy (non-hydrogen) atoms. The summed E-state index contributed by atoms with van der Waals surface area (Å²) in [5.74, 6) is -0.273. The summed E-state index contributed by atoms with van der Waals surface area (Å²) in [7, 11) is 0. The molecule has 0 spiro atoms. The molecule has 2 atom stereocenters. The van der Waals surface area contributed by atoms with Gasteiger partial charge in [0, 0.05) is 10.8 Å². The number of rotatable bonds is 4. The molecule has 120 valence electrons. The van der Waals surface area contributed by atoms with Crippen LogP contribution >= 0.6 is 11.3 Å². The molecule has 2 amide bonds. The molecular weight excluding hydrogens is 308 g/mol. The van der Waals surface area contributed by atoms with Crippen LogP contribution in [0.2, 0.25) is 0 Å². The Bertz CT molecular complexity index is 794. The Balaban J connectivity index is 1.76. The van der Waals surface area contributed by atoms with E-state index in [1.165, 1.54) is 22.5 Å². The first-order valence-electron chi connectivity index (χ1n) is 7.66. The van der Waals surface area contributed by atoms with E-state index in [2.05, 4.69) is 24.4 Å². The fourth-order valence-corrected chi connectivity index (χ4v) is 4.12. The summed E-state index contributed by atoms with van der Waals surface area (Å²) >= 11 is 1.41. The van der Waals surface area contributed by atoms with Crippen LogP contribution in [0.5, 0.6) is 0 Å². The van der Waals surface area contributed by atoms with Crippen molar-refractivity contribution in [3.8, 4) is 0 Å². The lowest BCUT2D eigenvalue weighted by molar-refractivity contribution is -0.117. The summed E-state index contributed by atoms with van der Waals surface area (Å²) < 4.78 is 0. The number of primary amides is 1. The Labute approximate surface area is 139 Å². The summed E-state index contributed by atoms with van der Waals surface area (Å²) in [6, 6.07) is 8.17. The second-order valence-electron chi connectivity index (χ2n) is 6.15. The molecule has 4 nitrogen and oxygen atoms in total. The molecule has 0 unspecified atom stereocenters. The Morgan fingerprint density at radius 1 is 1.22 bits per heavy atom. The standard InChI is InChI=1S/C18H20N2O2S/c1-9-6-4-5-7-12(9)13-8-14(13)17(22)20-18-15(16(19)21)10(2)11(3)23-18/h4-7,13-14H,8H2,1-3H3,(H2,19,21)(H,20,22)/t13-,14+/m0/s1. The van der Waals surface area contributed by atoms with E-state index in [0.717, 1.165) is 16.9 Å². The summed E-state index contributed by atoms with van der Waals surface area (Å²) in [6.07, 6.45) is 0.853. The highest BCUT2D eigenvalue weighted by atomic mass is 32.1. The highest BCUT2D eigenvalue weighted by Gasteiger charge is 2.44. The first kappa shape index (κ1) is 15.7. The van der Waals surface area contributed by atoms with Gasteiger partial charge in [-0.1, -0.05) is 24.3 Å². The number of anilines is 1. The quantitative estimate of drug-likeness (QED) is 0.901. The van der Waals surface area contributed by atoms with Gasteiger partial charge in [-0.3, -0.25) is 9.59 Å². The monoisotopic (exact) mass is 328 g/mol. The van der Waals surface area contributed by atoms with Crippen LogP contribution in [0.25, 0.3) is 0 Å². The first-order valence-corrected chi connectivity index (χ1v) is 8.48. The maximum atomic E-state index is 12.5. The Hall–Kier alpha value is -2.14. The zero-order valence-corrected chi connectivity index (χ0v) is 14.3. The van der Waals surface area contributed by atoms with Gasteiger partial charge in [0.25, 0.3) is 5.91 Å². The number of amides is 2. The van der Waals surface area contributed by atoms with Gasteiger partial charge in [-0.25, -0.2) is 0 Å². The van der Waals surface area contributed by atoms with Crippen molar-refractivity contribution in [3.05, 3.63) is 51.4 Å². The maximum Gasteiger partial charge on any atom is 0.251 e. The fourth-order valence-electron chi connectivity index (χ4n) is 3.05. The predicted molar refractivity (Wildman–Crippen MR) is 93.0 cm³/mol. The van der Waals surface area contributed by atoms with Gasteiger partial charge in [0.1, 0.15) is 5.00 Å². The number of nitrogens with two attached hydrogens (primary N) is 1. The molecule has 1 fully saturated rings. The Morgan fingerprint density at radius 2 is 1.91 bits per heavy atom. The molecule has 3 rings (SSSR count). The van der Waals surface area contributed by atoms with Crippen molar-refractivity contribution in [1.82, 2.24) is 0 Å². The maximum absolute atomic E-state index is 12.5. The molecule has 1 aliphatic carbocycles. The second-order valence-corrected chi connectivity index (χ2v) is 7.37. The molecule has 1 saturated carbocycles. The summed E-state index contributed by atoms with van der Waals surface area (Å²) in [5.41, 5.74) is 9.19. The van der Waals surface area contributed by atoms with Crippen LogP contribution in [0.15, 0.2) is 24.3 Å². The number of carbonyl (C=O) groups is 2. The average molecular weight is 328 g/mol. The highest BCUT2D eigenvalue weighted by molar-refractivity contribution is 7.16. The van der Waals surface area contributed by atoms with Gasteiger partial charge >= 0.3 is 0 Å². The van der Waals surface area contributed by atoms with Crippen molar-refractivity contribution in [2.24, 2.45) is 11.7 Å². The van der Waals surface area contributed by atoms with Crippen molar-refractivity contribution in [2.45, 2.75) is 33.1 Å². The second kappa shape index (κ2) is 5.81. The third kappa shape index (κ3) is 2.88. The van der Waals surface area contributed by atoms with E-state index in [4.69, 9.17) is 5.73 Å². The van der Waals surface area contributed by atoms with Gasteiger partial charge in [-0.15, -0.1) is 11.3 Å². The molecule has 2 aromatic rings. The number of benzene rings is 1. The molecule has 1 aromatic heterocycles. The zero-order chi connectivity index (χ0) is 16.7. The van der Waals surface area contributed by atoms with E-state index in [1.807, 2.05) is 26.0 Å². The van der Waals surface area contributed by atoms with Crippen molar-refractivity contribution in [1.29, 1.82) is 0 Å². The van der Waals surface area contributed by atoms with Crippen molar-refractivity contribution in [3.63, 3.8) is 0 Å². The van der Waals surface area contributed by atoms with E-state index in [-0.39, 0.29) is 17.7 Å². The summed E-state index contributed by atoms with van der Waals surface area (Å²) in [5, 5.41) is 3.49. The van der Waals surface area contributed by atoms with Crippen LogP contribution in [0, 0.1) is 26.7 Å². The fraction of sp³-hybridized carbons (Fsp3) is 0.333. The number of thiophene rings is 1. The lowest BCUT2D eigenvalue weighted by Crippen LogP contribution is -2.18. The molecule has 0 bridgehead atoms. The van der Waals surface area contributed by atoms with Crippen LogP contribution in [-0.2, 0) is 4.79 Å². The topological polar surface area (TPSA) is 72.2 Å². The lowest BCUT2D eigenvalue weighted by Gasteiger charge is -2.06. The third-order valence-corrected chi connectivity index (χ3v) is 5.71. The van der Waals surface area contributed by atoms with E-state index < -0.39 is 5.91 Å². The van der Waals surface area contributed by atoms with Crippen LogP contribution in [0.3, 0.4) is 0 Å². The lowest BCUT2D eigenvalue weighted by atomic mass is 10.0. The largest absolute Gasteiger partial charge is 0.365 e. The smallest absolute Gasteiger partial charge is 0.251 e. The SMILES string of the molecule is Cc1ccccc1[C@@H]1C[C@H]1C(=O)Nc1sc(C)c(C)c1C(N)=O. The van der Waals surface area contributed by atoms with Crippen molar-refractivity contribution < 1.29 is 9.59 Å². The highest BCUT2D eigenvalue weighted by Crippen LogP contribution is 2.49. The minimum absolute atomic E-state index is 0.0259. The van der Waals surface area contributed by atoms with Crippen molar-refractivity contribution >= 4 is 28.2 Å². The number of carbonyl (C=O) groups excluding carboxylic acids is 2. The van der Waals surface area contributed by atoms with E-state index in [1.54, 1.807) is 0 Å². The van der Waals surface area contributed by atoms with Crippen molar-refractivity contribution in [2.75, 3.05) is 5.32 Å². The molecule has 0 saturated heterocycles. The van der Waals surface area contributed by atoms with Gasteiger partial charge in [-0.05, 0) is 49.8 Å². The van der Waals surface area contributed by atoms with Crippen LogP contribution < -0.4 is 11.1 Å². The minimum atomic E-state index is -0.492. The van der Waals surface area contributed by atoms with Gasteiger partial charge in [0.15, 0.2) is 0 Å². The number of aryl methyl sites for hydroxylation is 2.